The lowest BCUT2D eigenvalue weighted by Gasteiger charge is -2.11. The predicted molar refractivity (Wildman–Crippen MR) is 66.3 cm³/mol. The van der Waals surface area contributed by atoms with Crippen molar-refractivity contribution in [2.75, 3.05) is 21.0 Å². The molecule has 0 N–H and O–H groups in total. The Morgan fingerprint density at radius 1 is 1.21 bits per heavy atom. The molecule has 0 atom stereocenters. The molecule has 1 aromatic carbocycles. The number of fused-ring (bicyclic) bond motifs is 1. The molecule has 1 heterocycles. The van der Waals surface area contributed by atoms with Crippen LogP contribution in [-0.2, 0) is 9.47 Å². The average Bonchev–Trinajstić information content (AvgIpc) is 2.43. The third-order valence-corrected chi connectivity index (χ3v) is 2.49. The molecule has 19 heavy (non-hydrogen) atoms. The summed E-state index contributed by atoms with van der Waals surface area (Å²) in [5.41, 5.74) is -0.00709. The molecule has 0 aliphatic carbocycles. The Hall–Kier alpha value is -2.34. The molecule has 0 aliphatic rings. The SMILES string of the molecule is COCOc1ccc2oc(=O)ccc2c1C(=O)OC. The van der Waals surface area contributed by atoms with Crippen molar-refractivity contribution in [2.24, 2.45) is 0 Å². The van der Waals surface area contributed by atoms with Gasteiger partial charge < -0.3 is 18.6 Å². The number of rotatable bonds is 4. The van der Waals surface area contributed by atoms with Crippen LogP contribution in [0.4, 0.5) is 0 Å². The number of esters is 1. The van der Waals surface area contributed by atoms with Crippen molar-refractivity contribution in [2.45, 2.75) is 0 Å². The van der Waals surface area contributed by atoms with Gasteiger partial charge in [-0.2, -0.15) is 0 Å². The first-order valence-electron chi connectivity index (χ1n) is 5.44. The molecule has 2 rings (SSSR count). The first-order chi connectivity index (χ1) is 9.17. The highest BCUT2D eigenvalue weighted by atomic mass is 16.7. The molecular formula is C13H12O6. The van der Waals surface area contributed by atoms with Crippen LogP contribution in [0, 0.1) is 0 Å². The number of carbonyl (C=O) groups excluding carboxylic acids is 1. The maximum absolute atomic E-state index is 11.8. The smallest absolute Gasteiger partial charge is 0.342 e. The van der Waals surface area contributed by atoms with E-state index in [1.54, 1.807) is 6.07 Å². The van der Waals surface area contributed by atoms with Gasteiger partial charge in [-0.25, -0.2) is 9.59 Å². The maximum Gasteiger partial charge on any atom is 0.342 e. The van der Waals surface area contributed by atoms with Crippen molar-refractivity contribution in [1.82, 2.24) is 0 Å². The van der Waals surface area contributed by atoms with Crippen LogP contribution in [0.1, 0.15) is 10.4 Å². The summed E-state index contributed by atoms with van der Waals surface area (Å²) in [4.78, 5) is 23.0. The van der Waals surface area contributed by atoms with Gasteiger partial charge in [-0.1, -0.05) is 0 Å². The summed E-state index contributed by atoms with van der Waals surface area (Å²) in [7, 11) is 2.73. The minimum atomic E-state index is -0.578. The van der Waals surface area contributed by atoms with Crippen molar-refractivity contribution in [3.05, 3.63) is 40.2 Å². The Labute approximate surface area is 108 Å². The van der Waals surface area contributed by atoms with E-state index in [1.165, 1.54) is 32.4 Å². The largest absolute Gasteiger partial charge is 0.467 e. The van der Waals surface area contributed by atoms with Gasteiger partial charge in [0, 0.05) is 18.6 Å². The van der Waals surface area contributed by atoms with Gasteiger partial charge in [-0.05, 0) is 18.2 Å². The minimum Gasteiger partial charge on any atom is -0.467 e. The Morgan fingerprint density at radius 3 is 2.68 bits per heavy atom. The molecule has 100 valence electrons. The number of carbonyl (C=O) groups is 1. The maximum atomic E-state index is 11.8. The lowest BCUT2D eigenvalue weighted by molar-refractivity contribution is 0.0467. The van der Waals surface area contributed by atoms with Crippen LogP contribution in [0.5, 0.6) is 5.75 Å². The van der Waals surface area contributed by atoms with Gasteiger partial charge in [0.2, 0.25) is 0 Å². The summed E-state index contributed by atoms with van der Waals surface area (Å²) in [6.45, 7) is -0.00766. The molecule has 0 spiro atoms. The van der Waals surface area contributed by atoms with Gasteiger partial charge in [0.1, 0.15) is 16.9 Å². The number of ether oxygens (including phenoxy) is 3. The summed E-state index contributed by atoms with van der Waals surface area (Å²) in [5.74, 6) is -0.277. The summed E-state index contributed by atoms with van der Waals surface area (Å²) in [6, 6.07) is 5.80. The highest BCUT2D eigenvalue weighted by Crippen LogP contribution is 2.28. The number of hydrogen-bond acceptors (Lipinski definition) is 6. The molecule has 0 saturated heterocycles. The van der Waals surface area contributed by atoms with E-state index < -0.39 is 11.6 Å². The van der Waals surface area contributed by atoms with Crippen molar-refractivity contribution in [3.63, 3.8) is 0 Å². The van der Waals surface area contributed by atoms with E-state index in [0.29, 0.717) is 11.1 Å². The Kier molecular flexibility index (Phi) is 3.82. The third-order valence-electron chi connectivity index (χ3n) is 2.49. The third kappa shape index (κ3) is 2.58. The summed E-state index contributed by atoms with van der Waals surface area (Å²) >= 11 is 0. The van der Waals surface area contributed by atoms with E-state index in [4.69, 9.17) is 18.6 Å². The molecule has 0 saturated carbocycles. The van der Waals surface area contributed by atoms with Gasteiger partial charge in [0.05, 0.1) is 7.11 Å². The Balaban J connectivity index is 2.65. The van der Waals surface area contributed by atoms with Crippen LogP contribution in [0.3, 0.4) is 0 Å². The number of hydrogen-bond donors (Lipinski definition) is 0. The fraction of sp³-hybridized carbons (Fsp3) is 0.231. The van der Waals surface area contributed by atoms with Crippen LogP contribution < -0.4 is 10.4 Å². The van der Waals surface area contributed by atoms with Gasteiger partial charge >= 0.3 is 11.6 Å². The molecule has 1 aromatic heterocycles. The fourth-order valence-corrected chi connectivity index (χ4v) is 1.68. The molecule has 0 bridgehead atoms. The fourth-order valence-electron chi connectivity index (χ4n) is 1.68. The molecule has 0 amide bonds. The number of benzene rings is 1. The lowest BCUT2D eigenvalue weighted by Crippen LogP contribution is -2.09. The standard InChI is InChI=1S/C13H12O6/c1-16-7-18-10-5-4-9-8(3-6-11(14)19-9)12(10)13(15)17-2/h3-6H,7H2,1-2H3. The number of methoxy groups -OCH3 is 2. The molecule has 0 unspecified atom stereocenters. The second-order valence-electron chi connectivity index (χ2n) is 3.65. The average molecular weight is 264 g/mol. The molecule has 2 aromatic rings. The van der Waals surface area contributed by atoms with Crippen molar-refractivity contribution < 1.29 is 23.4 Å². The quantitative estimate of drug-likeness (QED) is 0.474. The predicted octanol–water partition coefficient (Wildman–Crippen LogP) is 1.56. The first-order valence-corrected chi connectivity index (χ1v) is 5.44. The summed E-state index contributed by atoms with van der Waals surface area (Å²) in [6.07, 6.45) is 0. The van der Waals surface area contributed by atoms with Gasteiger partial charge in [-0.15, -0.1) is 0 Å². The van der Waals surface area contributed by atoms with Crippen LogP contribution in [0.15, 0.2) is 33.5 Å². The van der Waals surface area contributed by atoms with Gasteiger partial charge in [0.15, 0.2) is 6.79 Å². The zero-order chi connectivity index (χ0) is 13.8. The minimum absolute atomic E-state index is 0.00766. The van der Waals surface area contributed by atoms with Gasteiger partial charge in [0.25, 0.3) is 0 Å². The zero-order valence-electron chi connectivity index (χ0n) is 10.5. The highest BCUT2D eigenvalue weighted by Gasteiger charge is 2.18. The van der Waals surface area contributed by atoms with Crippen LogP contribution in [0.25, 0.3) is 11.0 Å². The van der Waals surface area contributed by atoms with Gasteiger partial charge in [-0.3, -0.25) is 0 Å². The molecule has 0 fully saturated rings. The van der Waals surface area contributed by atoms with E-state index in [2.05, 4.69) is 0 Å². The van der Waals surface area contributed by atoms with Crippen molar-refractivity contribution in [1.29, 1.82) is 0 Å². The monoisotopic (exact) mass is 264 g/mol. The molecule has 0 radical (unpaired) electrons. The van der Waals surface area contributed by atoms with E-state index in [9.17, 15) is 9.59 Å². The highest BCUT2D eigenvalue weighted by molar-refractivity contribution is 6.05. The van der Waals surface area contributed by atoms with E-state index >= 15 is 0 Å². The zero-order valence-corrected chi connectivity index (χ0v) is 10.5. The van der Waals surface area contributed by atoms with Crippen LogP contribution in [0.2, 0.25) is 0 Å². The lowest BCUT2D eigenvalue weighted by atomic mass is 10.1. The Morgan fingerprint density at radius 2 is 2.00 bits per heavy atom. The van der Waals surface area contributed by atoms with Crippen LogP contribution >= 0.6 is 0 Å². The first kappa shape index (κ1) is 13.1. The molecule has 0 aliphatic heterocycles. The molecule has 6 heteroatoms. The second-order valence-corrected chi connectivity index (χ2v) is 3.65. The second kappa shape index (κ2) is 5.53. The van der Waals surface area contributed by atoms with Crippen LogP contribution in [-0.4, -0.2) is 27.0 Å². The molecule has 6 nitrogen and oxygen atoms in total. The van der Waals surface area contributed by atoms with Crippen molar-refractivity contribution in [3.8, 4) is 5.75 Å². The summed E-state index contributed by atoms with van der Waals surface area (Å²) < 4.78 is 19.8. The normalized spacial score (nSPS) is 10.4. The van der Waals surface area contributed by atoms with Crippen molar-refractivity contribution >= 4 is 16.9 Å². The Bertz CT molecular complexity index is 658. The molecular weight excluding hydrogens is 252 g/mol. The van der Waals surface area contributed by atoms with E-state index in [-0.39, 0.29) is 17.9 Å². The van der Waals surface area contributed by atoms with E-state index in [0.717, 1.165) is 0 Å². The van der Waals surface area contributed by atoms with E-state index in [1.807, 2.05) is 0 Å². The topological polar surface area (TPSA) is 75.0 Å². The summed E-state index contributed by atoms with van der Waals surface area (Å²) in [5, 5.41) is 0.444.